The van der Waals surface area contributed by atoms with Crippen LogP contribution in [0.15, 0.2) is 48.9 Å². The van der Waals surface area contributed by atoms with Crippen molar-refractivity contribution < 1.29 is 0 Å². The standard InChI is InChI=1S/C14H14N4/c1-15-12-4-2-10(3-5-12)14-17-9-13(18-14)11-6-7-16-8-11/h2-9,15-16H,1H3,(H,17,18). The van der Waals surface area contributed by atoms with Crippen LogP contribution in [0.5, 0.6) is 0 Å². The van der Waals surface area contributed by atoms with Crippen LogP contribution in [0.2, 0.25) is 0 Å². The number of H-pyrrole nitrogens is 2. The van der Waals surface area contributed by atoms with Crippen LogP contribution < -0.4 is 5.32 Å². The molecule has 2 aromatic heterocycles. The van der Waals surface area contributed by atoms with Crippen LogP contribution in [-0.2, 0) is 0 Å². The molecule has 3 N–H and O–H groups in total. The Morgan fingerprint density at radius 3 is 2.56 bits per heavy atom. The maximum atomic E-state index is 4.41. The molecule has 1 aromatic carbocycles. The monoisotopic (exact) mass is 238 g/mol. The van der Waals surface area contributed by atoms with Crippen molar-refractivity contribution in [3.8, 4) is 22.6 Å². The van der Waals surface area contributed by atoms with Gasteiger partial charge in [0.1, 0.15) is 5.82 Å². The Bertz CT molecular complexity index is 620. The first kappa shape index (κ1) is 10.7. The first-order valence-corrected chi connectivity index (χ1v) is 5.83. The Hall–Kier alpha value is -2.49. The summed E-state index contributed by atoms with van der Waals surface area (Å²) in [6.45, 7) is 0. The van der Waals surface area contributed by atoms with Crippen molar-refractivity contribution in [2.45, 2.75) is 0 Å². The van der Waals surface area contributed by atoms with Gasteiger partial charge in [-0.05, 0) is 30.3 Å². The third kappa shape index (κ3) is 1.88. The number of nitrogens with zero attached hydrogens (tertiary/aromatic N) is 1. The second-order valence-electron chi connectivity index (χ2n) is 4.07. The Morgan fingerprint density at radius 1 is 1.06 bits per heavy atom. The van der Waals surface area contributed by atoms with Crippen LogP contribution in [0.1, 0.15) is 0 Å². The van der Waals surface area contributed by atoms with Gasteiger partial charge in [0, 0.05) is 36.3 Å². The molecular formula is C14H14N4. The summed E-state index contributed by atoms with van der Waals surface area (Å²) >= 11 is 0. The molecule has 3 rings (SSSR count). The van der Waals surface area contributed by atoms with Crippen LogP contribution in [0.4, 0.5) is 5.69 Å². The van der Waals surface area contributed by atoms with Gasteiger partial charge in [-0.1, -0.05) is 0 Å². The van der Waals surface area contributed by atoms with E-state index < -0.39 is 0 Å². The zero-order valence-electron chi connectivity index (χ0n) is 10.1. The molecule has 4 heteroatoms. The largest absolute Gasteiger partial charge is 0.388 e. The molecule has 2 heterocycles. The van der Waals surface area contributed by atoms with Gasteiger partial charge in [0.25, 0.3) is 0 Å². The lowest BCUT2D eigenvalue weighted by Crippen LogP contribution is -1.87. The van der Waals surface area contributed by atoms with Gasteiger partial charge in [-0.3, -0.25) is 0 Å². The van der Waals surface area contributed by atoms with E-state index in [1.807, 2.05) is 56.0 Å². The number of imidazole rings is 1. The van der Waals surface area contributed by atoms with Crippen molar-refractivity contribution in [1.29, 1.82) is 0 Å². The van der Waals surface area contributed by atoms with Gasteiger partial charge in [0.15, 0.2) is 0 Å². The Kier molecular flexibility index (Phi) is 2.61. The van der Waals surface area contributed by atoms with Gasteiger partial charge in [0.2, 0.25) is 0 Å². The maximum Gasteiger partial charge on any atom is 0.137 e. The van der Waals surface area contributed by atoms with Crippen LogP contribution in [0, 0.1) is 0 Å². The Balaban J connectivity index is 1.92. The molecule has 0 aliphatic rings. The van der Waals surface area contributed by atoms with E-state index >= 15 is 0 Å². The predicted octanol–water partition coefficient (Wildman–Crippen LogP) is 3.11. The highest BCUT2D eigenvalue weighted by atomic mass is 14.9. The molecule has 0 radical (unpaired) electrons. The topological polar surface area (TPSA) is 56.5 Å². The van der Waals surface area contributed by atoms with Gasteiger partial charge in [-0.15, -0.1) is 0 Å². The lowest BCUT2D eigenvalue weighted by molar-refractivity contribution is 1.31. The molecule has 18 heavy (non-hydrogen) atoms. The quantitative estimate of drug-likeness (QED) is 0.656. The fourth-order valence-corrected chi connectivity index (χ4v) is 1.90. The van der Waals surface area contributed by atoms with Crippen LogP contribution in [0.3, 0.4) is 0 Å². The van der Waals surface area contributed by atoms with Crippen LogP contribution >= 0.6 is 0 Å². The summed E-state index contributed by atoms with van der Waals surface area (Å²) in [6, 6.07) is 10.2. The van der Waals surface area contributed by atoms with Crippen LogP contribution in [0.25, 0.3) is 22.6 Å². The van der Waals surface area contributed by atoms with Crippen molar-refractivity contribution in [1.82, 2.24) is 15.0 Å². The first-order valence-electron chi connectivity index (χ1n) is 5.83. The van der Waals surface area contributed by atoms with Crippen molar-refractivity contribution in [3.63, 3.8) is 0 Å². The number of aromatic amines is 2. The molecule has 0 bridgehead atoms. The number of benzene rings is 1. The zero-order valence-corrected chi connectivity index (χ0v) is 10.1. The summed E-state index contributed by atoms with van der Waals surface area (Å²) in [5, 5.41) is 3.10. The summed E-state index contributed by atoms with van der Waals surface area (Å²) in [6.07, 6.45) is 5.70. The SMILES string of the molecule is CNc1ccc(-c2ncc(-c3cc[nH]c3)[nH]2)cc1. The lowest BCUT2D eigenvalue weighted by Gasteiger charge is -2.01. The third-order valence-electron chi connectivity index (χ3n) is 2.93. The molecule has 4 nitrogen and oxygen atoms in total. The maximum absolute atomic E-state index is 4.41. The summed E-state index contributed by atoms with van der Waals surface area (Å²) in [7, 11) is 1.91. The fourth-order valence-electron chi connectivity index (χ4n) is 1.90. The number of nitrogens with one attached hydrogen (secondary N) is 3. The summed E-state index contributed by atoms with van der Waals surface area (Å²) in [5.41, 5.74) is 4.30. The molecule has 0 spiro atoms. The van der Waals surface area contributed by atoms with Crippen molar-refractivity contribution in [2.75, 3.05) is 12.4 Å². The van der Waals surface area contributed by atoms with E-state index in [1.54, 1.807) is 0 Å². The van der Waals surface area contributed by atoms with Crippen molar-refractivity contribution in [2.24, 2.45) is 0 Å². The Labute approximate surface area is 105 Å². The van der Waals surface area contributed by atoms with E-state index in [4.69, 9.17) is 0 Å². The van der Waals surface area contributed by atoms with Gasteiger partial charge in [-0.2, -0.15) is 0 Å². The zero-order chi connectivity index (χ0) is 12.4. The summed E-state index contributed by atoms with van der Waals surface area (Å²) in [4.78, 5) is 10.8. The molecule has 3 aromatic rings. The molecule has 0 aliphatic carbocycles. The summed E-state index contributed by atoms with van der Waals surface area (Å²) < 4.78 is 0. The number of anilines is 1. The minimum atomic E-state index is 0.883. The molecule has 0 fully saturated rings. The van der Waals surface area contributed by atoms with E-state index in [1.165, 1.54) is 0 Å². The van der Waals surface area contributed by atoms with E-state index in [2.05, 4.69) is 20.3 Å². The first-order chi connectivity index (χ1) is 8.86. The number of hydrogen-bond donors (Lipinski definition) is 3. The van der Waals surface area contributed by atoms with Gasteiger partial charge in [0.05, 0.1) is 11.9 Å². The number of rotatable bonds is 3. The van der Waals surface area contributed by atoms with E-state index in [0.717, 1.165) is 28.3 Å². The van der Waals surface area contributed by atoms with Gasteiger partial charge in [-0.25, -0.2) is 4.98 Å². The average molecular weight is 238 g/mol. The Morgan fingerprint density at radius 2 is 1.89 bits per heavy atom. The molecule has 0 amide bonds. The average Bonchev–Trinajstić information content (AvgIpc) is 3.09. The van der Waals surface area contributed by atoms with E-state index in [-0.39, 0.29) is 0 Å². The molecule has 0 aliphatic heterocycles. The molecular weight excluding hydrogens is 224 g/mol. The smallest absolute Gasteiger partial charge is 0.137 e. The fraction of sp³-hybridized carbons (Fsp3) is 0.0714. The minimum Gasteiger partial charge on any atom is -0.388 e. The normalized spacial score (nSPS) is 10.5. The predicted molar refractivity (Wildman–Crippen MR) is 73.4 cm³/mol. The highest BCUT2D eigenvalue weighted by Gasteiger charge is 2.05. The third-order valence-corrected chi connectivity index (χ3v) is 2.93. The molecule has 0 saturated heterocycles. The molecule has 90 valence electrons. The van der Waals surface area contributed by atoms with Crippen LogP contribution in [-0.4, -0.2) is 22.0 Å². The second kappa shape index (κ2) is 4.41. The number of hydrogen-bond acceptors (Lipinski definition) is 2. The lowest BCUT2D eigenvalue weighted by atomic mass is 10.2. The highest BCUT2D eigenvalue weighted by molar-refractivity contribution is 5.65. The van der Waals surface area contributed by atoms with Crippen molar-refractivity contribution >= 4 is 5.69 Å². The number of aromatic nitrogens is 3. The van der Waals surface area contributed by atoms with Crippen molar-refractivity contribution in [3.05, 3.63) is 48.9 Å². The molecule has 0 saturated carbocycles. The van der Waals surface area contributed by atoms with Gasteiger partial charge < -0.3 is 15.3 Å². The molecule has 0 unspecified atom stereocenters. The highest BCUT2D eigenvalue weighted by Crippen LogP contribution is 2.22. The molecule has 0 atom stereocenters. The second-order valence-corrected chi connectivity index (χ2v) is 4.07. The van der Waals surface area contributed by atoms with E-state index in [0.29, 0.717) is 0 Å². The van der Waals surface area contributed by atoms with E-state index in [9.17, 15) is 0 Å². The minimum absolute atomic E-state index is 0.883. The van der Waals surface area contributed by atoms with Gasteiger partial charge >= 0.3 is 0 Å². The summed E-state index contributed by atoms with van der Waals surface area (Å²) in [5.74, 6) is 0.883.